The Morgan fingerprint density at radius 1 is 1.15 bits per heavy atom. The molecule has 0 aliphatic heterocycles. The second-order valence-electron chi connectivity index (χ2n) is 5.89. The molecule has 6 nitrogen and oxygen atoms in total. The first kappa shape index (κ1) is 19.8. The number of aryl methyl sites for hydroxylation is 1. The Balaban J connectivity index is 1.83. The normalized spacial score (nSPS) is 11.7. The highest BCUT2D eigenvalue weighted by molar-refractivity contribution is 5.92. The second kappa shape index (κ2) is 9.79. The van der Waals surface area contributed by atoms with E-state index in [0.29, 0.717) is 24.4 Å². The molecule has 2 aromatic rings. The molecule has 0 aliphatic rings. The van der Waals surface area contributed by atoms with Crippen LogP contribution in [-0.2, 0) is 11.3 Å². The number of carbonyl (C=O) groups is 1. The third-order valence-electron chi connectivity index (χ3n) is 3.90. The smallest absolute Gasteiger partial charge is 0.341 e. The van der Waals surface area contributed by atoms with Crippen LogP contribution in [0, 0.1) is 6.92 Å². The zero-order chi connectivity index (χ0) is 18.9. The molecule has 2 N–H and O–H groups in total. The molecule has 26 heavy (non-hydrogen) atoms. The van der Waals surface area contributed by atoms with Gasteiger partial charge in [0.1, 0.15) is 29.8 Å². The van der Waals surface area contributed by atoms with Gasteiger partial charge in [-0.2, -0.15) is 0 Å². The van der Waals surface area contributed by atoms with Gasteiger partial charge in [-0.05, 0) is 36.2 Å². The minimum absolute atomic E-state index is 0.202. The molecule has 0 saturated carbocycles. The molecule has 0 heterocycles. The van der Waals surface area contributed by atoms with Gasteiger partial charge in [0.25, 0.3) is 0 Å². The lowest BCUT2D eigenvalue weighted by atomic mass is 10.1. The quantitative estimate of drug-likeness (QED) is 0.669. The van der Waals surface area contributed by atoms with Gasteiger partial charge < -0.3 is 24.6 Å². The van der Waals surface area contributed by atoms with Crippen molar-refractivity contribution in [1.82, 2.24) is 5.32 Å². The maximum absolute atomic E-state index is 11.8. The number of esters is 1. The van der Waals surface area contributed by atoms with Crippen molar-refractivity contribution in [2.45, 2.75) is 19.6 Å². The number of hydrogen-bond donors (Lipinski definition) is 2. The van der Waals surface area contributed by atoms with Crippen molar-refractivity contribution in [2.24, 2.45) is 0 Å². The van der Waals surface area contributed by atoms with E-state index in [4.69, 9.17) is 14.2 Å². The van der Waals surface area contributed by atoms with Crippen LogP contribution in [-0.4, -0.2) is 44.6 Å². The largest absolute Gasteiger partial charge is 0.496 e. The summed E-state index contributed by atoms with van der Waals surface area (Å²) in [5, 5.41) is 13.2. The van der Waals surface area contributed by atoms with Gasteiger partial charge in [-0.1, -0.05) is 24.3 Å². The van der Waals surface area contributed by atoms with Gasteiger partial charge in [0.15, 0.2) is 0 Å². The number of ether oxygens (including phenoxy) is 3. The molecule has 0 spiro atoms. The third-order valence-corrected chi connectivity index (χ3v) is 3.90. The van der Waals surface area contributed by atoms with E-state index in [1.807, 2.05) is 37.3 Å². The summed E-state index contributed by atoms with van der Waals surface area (Å²) in [6.45, 7) is 3.03. The van der Waals surface area contributed by atoms with Crippen molar-refractivity contribution in [2.75, 3.05) is 27.4 Å². The predicted molar refractivity (Wildman–Crippen MR) is 98.7 cm³/mol. The monoisotopic (exact) mass is 359 g/mol. The Kier molecular flexibility index (Phi) is 7.44. The van der Waals surface area contributed by atoms with Crippen LogP contribution in [0.5, 0.6) is 11.5 Å². The van der Waals surface area contributed by atoms with Crippen LogP contribution in [0.1, 0.15) is 21.5 Å². The van der Waals surface area contributed by atoms with Crippen molar-refractivity contribution in [1.29, 1.82) is 0 Å². The lowest BCUT2D eigenvalue weighted by Gasteiger charge is -2.15. The van der Waals surface area contributed by atoms with Crippen LogP contribution in [0.2, 0.25) is 0 Å². The zero-order valence-electron chi connectivity index (χ0n) is 15.3. The maximum Gasteiger partial charge on any atom is 0.341 e. The van der Waals surface area contributed by atoms with E-state index in [2.05, 4.69) is 5.32 Å². The first-order chi connectivity index (χ1) is 12.5. The molecule has 1 atom stereocenters. The predicted octanol–water partition coefficient (Wildman–Crippen LogP) is 2.32. The molecule has 0 aliphatic carbocycles. The van der Waals surface area contributed by atoms with Crippen LogP contribution in [0.4, 0.5) is 0 Å². The molecular formula is C20H25NO5. The molecule has 0 radical (unpaired) electrons. The number of rotatable bonds is 9. The van der Waals surface area contributed by atoms with E-state index < -0.39 is 12.1 Å². The Hall–Kier alpha value is -2.57. The van der Waals surface area contributed by atoms with Crippen LogP contribution >= 0.6 is 0 Å². The number of aliphatic hydroxyl groups is 1. The van der Waals surface area contributed by atoms with Crippen molar-refractivity contribution in [3.8, 4) is 11.5 Å². The van der Waals surface area contributed by atoms with Gasteiger partial charge in [0, 0.05) is 13.1 Å². The highest BCUT2D eigenvalue weighted by Crippen LogP contribution is 2.21. The average molecular weight is 359 g/mol. The molecule has 0 aromatic heterocycles. The van der Waals surface area contributed by atoms with Crippen molar-refractivity contribution in [3.63, 3.8) is 0 Å². The molecule has 0 fully saturated rings. The first-order valence-corrected chi connectivity index (χ1v) is 8.37. The molecule has 2 rings (SSSR count). The molecule has 6 heteroatoms. The molecule has 0 bridgehead atoms. The minimum atomic E-state index is -0.645. The van der Waals surface area contributed by atoms with E-state index in [0.717, 1.165) is 16.9 Å². The summed E-state index contributed by atoms with van der Waals surface area (Å²) in [6.07, 6.45) is -0.645. The number of para-hydroxylation sites is 1. The summed E-state index contributed by atoms with van der Waals surface area (Å²) >= 11 is 0. The number of hydrogen-bond acceptors (Lipinski definition) is 6. The maximum atomic E-state index is 11.8. The fourth-order valence-corrected chi connectivity index (χ4v) is 2.48. The lowest BCUT2D eigenvalue weighted by Crippen LogP contribution is -2.31. The zero-order valence-corrected chi connectivity index (χ0v) is 15.3. The van der Waals surface area contributed by atoms with Crippen molar-refractivity contribution < 1.29 is 24.1 Å². The second-order valence-corrected chi connectivity index (χ2v) is 5.89. The summed E-state index contributed by atoms with van der Waals surface area (Å²) in [4.78, 5) is 11.8. The Bertz CT molecular complexity index is 732. The van der Waals surface area contributed by atoms with Crippen molar-refractivity contribution in [3.05, 3.63) is 59.2 Å². The summed E-state index contributed by atoms with van der Waals surface area (Å²) < 4.78 is 15.6. The van der Waals surface area contributed by atoms with Gasteiger partial charge in [-0.25, -0.2) is 4.79 Å². The van der Waals surface area contributed by atoms with E-state index >= 15 is 0 Å². The Morgan fingerprint density at radius 3 is 2.62 bits per heavy atom. The highest BCUT2D eigenvalue weighted by atomic mass is 16.5. The average Bonchev–Trinajstić information content (AvgIpc) is 2.66. The van der Waals surface area contributed by atoms with Gasteiger partial charge in [-0.15, -0.1) is 0 Å². The summed E-state index contributed by atoms with van der Waals surface area (Å²) in [5.74, 6) is 0.784. The van der Waals surface area contributed by atoms with Crippen molar-refractivity contribution >= 4 is 5.97 Å². The molecule has 0 amide bonds. The minimum Gasteiger partial charge on any atom is -0.496 e. The van der Waals surface area contributed by atoms with Crippen LogP contribution < -0.4 is 14.8 Å². The topological polar surface area (TPSA) is 77.0 Å². The van der Waals surface area contributed by atoms with Gasteiger partial charge >= 0.3 is 5.97 Å². The summed E-state index contributed by atoms with van der Waals surface area (Å²) in [6, 6.07) is 13.0. The number of methoxy groups -OCH3 is 2. The molecule has 0 unspecified atom stereocenters. The fraction of sp³-hybridized carbons (Fsp3) is 0.350. The number of benzene rings is 2. The number of carbonyl (C=O) groups excluding carboxylic acids is 1. The molecule has 140 valence electrons. The van der Waals surface area contributed by atoms with Crippen LogP contribution in [0.15, 0.2) is 42.5 Å². The van der Waals surface area contributed by atoms with E-state index in [-0.39, 0.29) is 6.61 Å². The number of aliphatic hydroxyl groups excluding tert-OH is 1. The van der Waals surface area contributed by atoms with E-state index in [9.17, 15) is 9.90 Å². The Morgan fingerprint density at radius 2 is 1.92 bits per heavy atom. The Labute approximate surface area is 153 Å². The highest BCUT2D eigenvalue weighted by Gasteiger charge is 2.13. The SMILES string of the molecule is COC(=O)c1cc(CNC[C@H](O)COc2ccccc2C)ccc1OC. The van der Waals surface area contributed by atoms with Crippen LogP contribution in [0.25, 0.3) is 0 Å². The fourth-order valence-electron chi connectivity index (χ4n) is 2.48. The molecule has 2 aromatic carbocycles. The molecular weight excluding hydrogens is 334 g/mol. The van der Waals surface area contributed by atoms with Crippen LogP contribution in [0.3, 0.4) is 0 Å². The van der Waals surface area contributed by atoms with E-state index in [1.54, 1.807) is 12.1 Å². The third kappa shape index (κ3) is 5.47. The summed E-state index contributed by atoms with van der Waals surface area (Å²) in [5.41, 5.74) is 2.29. The van der Waals surface area contributed by atoms with Gasteiger partial charge in [-0.3, -0.25) is 0 Å². The van der Waals surface area contributed by atoms with Gasteiger partial charge in [0.2, 0.25) is 0 Å². The number of nitrogens with one attached hydrogen (secondary N) is 1. The molecule has 0 saturated heterocycles. The standard InChI is InChI=1S/C20H25NO5/c1-14-6-4-5-7-18(14)26-13-16(22)12-21-11-15-8-9-19(24-2)17(10-15)20(23)25-3/h4-10,16,21-22H,11-13H2,1-3H3/t16-/m0/s1. The van der Waals surface area contributed by atoms with Gasteiger partial charge in [0.05, 0.1) is 14.2 Å². The van der Waals surface area contributed by atoms with E-state index in [1.165, 1.54) is 14.2 Å². The summed E-state index contributed by atoms with van der Waals surface area (Å²) in [7, 11) is 2.84. The first-order valence-electron chi connectivity index (χ1n) is 8.37. The lowest BCUT2D eigenvalue weighted by molar-refractivity contribution is 0.0597.